The monoisotopic (exact) mass is 434 g/mol. The predicted molar refractivity (Wildman–Crippen MR) is 114 cm³/mol. The third-order valence-electron chi connectivity index (χ3n) is 4.18. The Balaban J connectivity index is 0.00000392. The van der Waals surface area contributed by atoms with E-state index in [0.717, 1.165) is 6.54 Å². The van der Waals surface area contributed by atoms with Crippen molar-refractivity contribution < 1.29 is 17.9 Å². The SMILES string of the molecule is CNCCC(=O)Nc1cc(S(=O)(=O)N2CCOCC2)ccc1NCC(C)C.Cl. The molecule has 2 rings (SSSR count). The number of halogens is 1. The van der Waals surface area contributed by atoms with Crippen LogP contribution in [0, 0.1) is 5.92 Å². The van der Waals surface area contributed by atoms with Crippen molar-refractivity contribution in [3.8, 4) is 0 Å². The average Bonchev–Trinajstić information content (AvgIpc) is 2.65. The third kappa shape index (κ3) is 6.89. The van der Waals surface area contributed by atoms with Gasteiger partial charge < -0.3 is 20.7 Å². The number of hydrogen-bond acceptors (Lipinski definition) is 6. The van der Waals surface area contributed by atoms with Gasteiger partial charge in [-0.25, -0.2) is 8.42 Å². The van der Waals surface area contributed by atoms with E-state index in [2.05, 4.69) is 29.8 Å². The molecule has 0 unspecified atom stereocenters. The van der Waals surface area contributed by atoms with Crippen molar-refractivity contribution in [2.24, 2.45) is 5.92 Å². The van der Waals surface area contributed by atoms with E-state index in [-0.39, 0.29) is 23.2 Å². The van der Waals surface area contributed by atoms with Crippen LogP contribution in [0.25, 0.3) is 0 Å². The maximum atomic E-state index is 12.9. The minimum Gasteiger partial charge on any atom is -0.383 e. The van der Waals surface area contributed by atoms with Gasteiger partial charge in [0.2, 0.25) is 15.9 Å². The largest absolute Gasteiger partial charge is 0.383 e. The predicted octanol–water partition coefficient (Wildman–Crippen LogP) is 1.75. The molecule has 3 N–H and O–H groups in total. The highest BCUT2D eigenvalue weighted by atomic mass is 35.5. The summed E-state index contributed by atoms with van der Waals surface area (Å²) in [4.78, 5) is 12.3. The van der Waals surface area contributed by atoms with Crippen LogP contribution in [0.2, 0.25) is 0 Å². The molecule has 8 nitrogen and oxygen atoms in total. The Kier molecular flexibility index (Phi) is 10.2. The van der Waals surface area contributed by atoms with Gasteiger partial charge in [-0.3, -0.25) is 4.79 Å². The summed E-state index contributed by atoms with van der Waals surface area (Å²) >= 11 is 0. The summed E-state index contributed by atoms with van der Waals surface area (Å²) in [7, 11) is -1.85. The van der Waals surface area contributed by atoms with Gasteiger partial charge in [0.05, 0.1) is 29.5 Å². The van der Waals surface area contributed by atoms with Gasteiger partial charge in [0.1, 0.15) is 0 Å². The molecule has 0 aromatic heterocycles. The molecule has 0 radical (unpaired) electrons. The molecule has 0 bridgehead atoms. The van der Waals surface area contributed by atoms with Crippen LogP contribution >= 0.6 is 12.4 Å². The average molecular weight is 435 g/mol. The zero-order chi connectivity index (χ0) is 19.9. The van der Waals surface area contributed by atoms with E-state index < -0.39 is 10.0 Å². The molecular weight excluding hydrogens is 404 g/mol. The van der Waals surface area contributed by atoms with Crippen LogP contribution in [0.3, 0.4) is 0 Å². The normalized spacial score (nSPS) is 15.1. The number of anilines is 2. The summed E-state index contributed by atoms with van der Waals surface area (Å²) in [5.41, 5.74) is 1.19. The van der Waals surface area contributed by atoms with Crippen LogP contribution in [0.5, 0.6) is 0 Å². The molecule has 28 heavy (non-hydrogen) atoms. The van der Waals surface area contributed by atoms with Crippen molar-refractivity contribution in [3.63, 3.8) is 0 Å². The molecule has 1 saturated heterocycles. The summed E-state index contributed by atoms with van der Waals surface area (Å²) in [6.45, 7) is 6.87. The molecule has 0 saturated carbocycles. The molecule has 1 heterocycles. The van der Waals surface area contributed by atoms with Crippen molar-refractivity contribution in [1.29, 1.82) is 0 Å². The topological polar surface area (TPSA) is 99.8 Å². The lowest BCUT2D eigenvalue weighted by Gasteiger charge is -2.26. The summed E-state index contributed by atoms with van der Waals surface area (Å²) in [5.74, 6) is 0.243. The van der Waals surface area contributed by atoms with E-state index >= 15 is 0 Å². The lowest BCUT2D eigenvalue weighted by Crippen LogP contribution is -2.40. The van der Waals surface area contributed by atoms with Gasteiger partial charge >= 0.3 is 0 Å². The Morgan fingerprint density at radius 2 is 1.89 bits per heavy atom. The number of ether oxygens (including phenoxy) is 1. The minimum absolute atomic E-state index is 0. The molecule has 0 aliphatic carbocycles. The second-order valence-electron chi connectivity index (χ2n) is 6.90. The number of amides is 1. The number of carbonyl (C=O) groups excluding carboxylic acids is 1. The molecule has 1 aliphatic heterocycles. The maximum Gasteiger partial charge on any atom is 0.243 e. The highest BCUT2D eigenvalue weighted by Crippen LogP contribution is 2.28. The number of sulfonamides is 1. The van der Waals surface area contributed by atoms with Crippen molar-refractivity contribution in [1.82, 2.24) is 9.62 Å². The zero-order valence-corrected chi connectivity index (χ0v) is 18.3. The minimum atomic E-state index is -3.62. The molecule has 1 aliphatic rings. The van der Waals surface area contributed by atoms with Gasteiger partial charge in [-0.15, -0.1) is 12.4 Å². The second-order valence-corrected chi connectivity index (χ2v) is 8.84. The van der Waals surface area contributed by atoms with Gasteiger partial charge in [-0.1, -0.05) is 13.8 Å². The molecule has 1 fully saturated rings. The Morgan fingerprint density at radius 1 is 1.21 bits per heavy atom. The lowest BCUT2D eigenvalue weighted by molar-refractivity contribution is -0.116. The molecule has 0 atom stereocenters. The summed E-state index contributed by atoms with van der Waals surface area (Å²) < 4.78 is 32.5. The van der Waals surface area contributed by atoms with E-state index in [0.29, 0.717) is 56.6 Å². The van der Waals surface area contributed by atoms with Crippen molar-refractivity contribution in [3.05, 3.63) is 18.2 Å². The van der Waals surface area contributed by atoms with Gasteiger partial charge in [0, 0.05) is 32.6 Å². The van der Waals surface area contributed by atoms with E-state index in [1.165, 1.54) is 10.4 Å². The van der Waals surface area contributed by atoms with Gasteiger partial charge in [-0.2, -0.15) is 4.31 Å². The van der Waals surface area contributed by atoms with E-state index in [1.807, 2.05) is 0 Å². The highest BCUT2D eigenvalue weighted by molar-refractivity contribution is 7.89. The first kappa shape index (κ1) is 24.6. The number of benzene rings is 1. The van der Waals surface area contributed by atoms with Crippen LogP contribution in [-0.4, -0.2) is 65.1 Å². The fourth-order valence-electron chi connectivity index (χ4n) is 2.64. The molecule has 10 heteroatoms. The smallest absolute Gasteiger partial charge is 0.243 e. The van der Waals surface area contributed by atoms with Crippen molar-refractivity contribution >= 4 is 39.7 Å². The third-order valence-corrected chi connectivity index (χ3v) is 6.07. The van der Waals surface area contributed by atoms with Gasteiger partial charge in [0.15, 0.2) is 0 Å². The quantitative estimate of drug-likeness (QED) is 0.547. The van der Waals surface area contributed by atoms with Crippen molar-refractivity contribution in [2.75, 3.05) is 57.1 Å². The van der Waals surface area contributed by atoms with Crippen LogP contribution in [-0.2, 0) is 19.6 Å². The first-order valence-electron chi connectivity index (χ1n) is 9.25. The van der Waals surface area contributed by atoms with Gasteiger partial charge in [-0.05, 0) is 31.2 Å². The molecule has 1 amide bonds. The Labute approximate surface area is 173 Å². The number of nitrogens with one attached hydrogen (secondary N) is 3. The molecule has 0 spiro atoms. The fourth-order valence-corrected chi connectivity index (χ4v) is 4.08. The first-order valence-corrected chi connectivity index (χ1v) is 10.7. The number of carbonyl (C=O) groups is 1. The Hall–Kier alpha value is -1.39. The lowest BCUT2D eigenvalue weighted by atomic mass is 10.2. The number of hydrogen-bond donors (Lipinski definition) is 3. The standard InChI is InChI=1S/C18H30N4O4S.ClH/c1-14(2)13-20-16-5-4-15(12-17(16)21-18(23)6-7-19-3)27(24,25)22-8-10-26-11-9-22;/h4-5,12,14,19-20H,6-11,13H2,1-3H3,(H,21,23);1H. The van der Waals surface area contributed by atoms with E-state index in [1.54, 1.807) is 19.2 Å². The summed E-state index contributed by atoms with van der Waals surface area (Å²) in [6.07, 6.45) is 0.306. The zero-order valence-electron chi connectivity index (χ0n) is 16.7. The molecular formula is C18H31ClN4O4S. The van der Waals surface area contributed by atoms with E-state index in [9.17, 15) is 13.2 Å². The highest BCUT2D eigenvalue weighted by Gasteiger charge is 2.27. The Morgan fingerprint density at radius 3 is 2.50 bits per heavy atom. The summed E-state index contributed by atoms with van der Waals surface area (Å²) in [6, 6.07) is 4.82. The van der Waals surface area contributed by atoms with Crippen LogP contribution in [0.15, 0.2) is 23.1 Å². The number of nitrogens with zero attached hydrogens (tertiary/aromatic N) is 1. The van der Waals surface area contributed by atoms with E-state index in [4.69, 9.17) is 4.74 Å². The second kappa shape index (κ2) is 11.6. The Bertz CT molecular complexity index is 737. The number of rotatable bonds is 9. The molecule has 1 aromatic rings. The van der Waals surface area contributed by atoms with Gasteiger partial charge in [0.25, 0.3) is 0 Å². The van der Waals surface area contributed by atoms with Crippen molar-refractivity contribution in [2.45, 2.75) is 25.2 Å². The number of morpholine rings is 1. The fraction of sp³-hybridized carbons (Fsp3) is 0.611. The summed E-state index contributed by atoms with van der Waals surface area (Å²) in [5, 5.41) is 9.04. The van der Waals surface area contributed by atoms with Crippen LogP contribution in [0.4, 0.5) is 11.4 Å². The van der Waals surface area contributed by atoms with Crippen LogP contribution < -0.4 is 16.0 Å². The molecule has 1 aromatic carbocycles. The maximum absolute atomic E-state index is 12.9. The molecule has 160 valence electrons. The first-order chi connectivity index (χ1) is 12.8. The van der Waals surface area contributed by atoms with Crippen LogP contribution in [0.1, 0.15) is 20.3 Å².